The first-order valence-electron chi connectivity index (χ1n) is 6.65. The minimum atomic E-state index is -0.531. The first-order valence-corrected chi connectivity index (χ1v) is 6.65. The van der Waals surface area contributed by atoms with Crippen molar-refractivity contribution in [2.24, 2.45) is 5.92 Å². The van der Waals surface area contributed by atoms with Gasteiger partial charge in [0.05, 0.1) is 11.9 Å². The molecule has 0 unspecified atom stereocenters. The van der Waals surface area contributed by atoms with Gasteiger partial charge in [0.1, 0.15) is 0 Å². The number of nitrogens with one attached hydrogen (secondary N) is 1. The first-order chi connectivity index (χ1) is 8.74. The molecule has 1 aromatic heterocycles. The second-order valence-electron chi connectivity index (χ2n) is 4.98. The number of amides is 1. The van der Waals surface area contributed by atoms with Crippen molar-refractivity contribution in [1.29, 1.82) is 0 Å². The van der Waals surface area contributed by atoms with Crippen LogP contribution >= 0.6 is 0 Å². The molecule has 0 aliphatic heterocycles. The molecule has 0 atom stereocenters. The van der Waals surface area contributed by atoms with Gasteiger partial charge in [-0.05, 0) is 30.9 Å². The van der Waals surface area contributed by atoms with E-state index in [0.717, 1.165) is 12.8 Å². The van der Waals surface area contributed by atoms with E-state index < -0.39 is 5.95 Å². The largest absolute Gasteiger partial charge is 0.325 e. The third kappa shape index (κ3) is 4.09. The van der Waals surface area contributed by atoms with Crippen molar-refractivity contribution < 1.29 is 9.18 Å². The number of rotatable bonds is 3. The Labute approximate surface area is 107 Å². The maximum atomic E-state index is 12.6. The molecule has 1 fully saturated rings. The van der Waals surface area contributed by atoms with Crippen molar-refractivity contribution in [2.75, 3.05) is 5.32 Å². The van der Waals surface area contributed by atoms with Crippen LogP contribution in [0, 0.1) is 11.9 Å². The lowest BCUT2D eigenvalue weighted by Gasteiger charge is -2.13. The monoisotopic (exact) mass is 250 g/mol. The van der Waals surface area contributed by atoms with Crippen LogP contribution < -0.4 is 5.32 Å². The number of carbonyl (C=O) groups excluding carboxylic acids is 1. The van der Waals surface area contributed by atoms with Crippen molar-refractivity contribution in [3.63, 3.8) is 0 Å². The Morgan fingerprint density at radius 1 is 1.28 bits per heavy atom. The number of pyridine rings is 1. The van der Waals surface area contributed by atoms with E-state index in [-0.39, 0.29) is 5.91 Å². The second-order valence-corrected chi connectivity index (χ2v) is 4.98. The highest BCUT2D eigenvalue weighted by atomic mass is 19.1. The maximum absolute atomic E-state index is 12.6. The molecule has 98 valence electrons. The van der Waals surface area contributed by atoms with Crippen LogP contribution in [0.1, 0.15) is 44.9 Å². The molecule has 3 nitrogen and oxygen atoms in total. The van der Waals surface area contributed by atoms with Gasteiger partial charge in [-0.15, -0.1) is 0 Å². The maximum Gasteiger partial charge on any atom is 0.224 e. The van der Waals surface area contributed by atoms with Crippen LogP contribution in [0.3, 0.4) is 0 Å². The van der Waals surface area contributed by atoms with Crippen LogP contribution in [0.5, 0.6) is 0 Å². The molecule has 1 aliphatic rings. The minimum Gasteiger partial charge on any atom is -0.325 e. The molecule has 2 rings (SSSR count). The molecule has 1 aromatic rings. The number of carbonyl (C=O) groups is 1. The lowest BCUT2D eigenvalue weighted by molar-refractivity contribution is -0.117. The van der Waals surface area contributed by atoms with Crippen molar-refractivity contribution in [2.45, 2.75) is 44.9 Å². The molecule has 18 heavy (non-hydrogen) atoms. The van der Waals surface area contributed by atoms with Gasteiger partial charge in [-0.3, -0.25) is 4.79 Å². The van der Waals surface area contributed by atoms with Gasteiger partial charge in [0.2, 0.25) is 11.9 Å². The van der Waals surface area contributed by atoms with Crippen molar-refractivity contribution in [3.05, 3.63) is 24.3 Å². The van der Waals surface area contributed by atoms with Crippen LogP contribution in [0.4, 0.5) is 10.1 Å². The lowest BCUT2D eigenvalue weighted by atomic mass is 9.96. The molecule has 1 amide bonds. The molecule has 1 saturated carbocycles. The van der Waals surface area contributed by atoms with Gasteiger partial charge in [-0.2, -0.15) is 4.39 Å². The molecular formula is C14H19FN2O. The zero-order valence-corrected chi connectivity index (χ0v) is 10.5. The average molecular weight is 250 g/mol. The Balaban J connectivity index is 1.82. The summed E-state index contributed by atoms with van der Waals surface area (Å²) in [6, 6.07) is 2.79. The van der Waals surface area contributed by atoms with E-state index in [1.807, 2.05) is 0 Å². The molecular weight excluding hydrogens is 231 g/mol. The summed E-state index contributed by atoms with van der Waals surface area (Å²) >= 11 is 0. The van der Waals surface area contributed by atoms with Gasteiger partial charge >= 0.3 is 0 Å². The van der Waals surface area contributed by atoms with Crippen LogP contribution in [0.25, 0.3) is 0 Å². The molecule has 0 aromatic carbocycles. The summed E-state index contributed by atoms with van der Waals surface area (Å²) in [7, 11) is 0. The number of hydrogen-bond acceptors (Lipinski definition) is 2. The average Bonchev–Trinajstić information content (AvgIpc) is 2.61. The summed E-state index contributed by atoms with van der Waals surface area (Å²) in [5, 5.41) is 2.77. The Kier molecular flexibility index (Phi) is 4.67. The Bertz CT molecular complexity index is 383. The summed E-state index contributed by atoms with van der Waals surface area (Å²) in [6.07, 6.45) is 9.26. The quantitative estimate of drug-likeness (QED) is 0.658. The van der Waals surface area contributed by atoms with Gasteiger partial charge < -0.3 is 5.32 Å². The van der Waals surface area contributed by atoms with E-state index in [9.17, 15) is 9.18 Å². The Morgan fingerprint density at radius 2 is 2.00 bits per heavy atom. The highest BCUT2D eigenvalue weighted by molar-refractivity contribution is 5.90. The predicted octanol–water partition coefficient (Wildman–Crippen LogP) is 3.52. The van der Waals surface area contributed by atoms with Crippen LogP contribution in [-0.4, -0.2) is 10.9 Å². The number of hydrogen-bond donors (Lipinski definition) is 1. The fraction of sp³-hybridized carbons (Fsp3) is 0.571. The molecule has 4 heteroatoms. The topological polar surface area (TPSA) is 42.0 Å². The second kappa shape index (κ2) is 6.47. The van der Waals surface area contributed by atoms with E-state index in [1.54, 1.807) is 0 Å². The highest BCUT2D eigenvalue weighted by Crippen LogP contribution is 2.25. The zero-order chi connectivity index (χ0) is 12.8. The molecule has 1 aliphatic carbocycles. The van der Waals surface area contributed by atoms with Gasteiger partial charge in [-0.25, -0.2) is 4.98 Å². The molecule has 1 N–H and O–H groups in total. The first kappa shape index (κ1) is 13.0. The van der Waals surface area contributed by atoms with E-state index in [0.29, 0.717) is 18.0 Å². The van der Waals surface area contributed by atoms with Crippen LogP contribution in [-0.2, 0) is 4.79 Å². The fourth-order valence-corrected chi connectivity index (χ4v) is 2.49. The van der Waals surface area contributed by atoms with Crippen molar-refractivity contribution >= 4 is 11.6 Å². The molecule has 0 spiro atoms. The van der Waals surface area contributed by atoms with Crippen molar-refractivity contribution in [1.82, 2.24) is 4.98 Å². The number of aromatic nitrogens is 1. The molecule has 0 radical (unpaired) electrons. The van der Waals surface area contributed by atoms with Gasteiger partial charge in [0, 0.05) is 6.42 Å². The standard InChI is InChI=1S/C14H19FN2O/c15-13-8-7-12(10-16-13)17-14(18)9-11-5-3-1-2-4-6-11/h7-8,10-11H,1-6,9H2,(H,17,18). The predicted molar refractivity (Wildman–Crippen MR) is 68.6 cm³/mol. The number of halogens is 1. The van der Waals surface area contributed by atoms with E-state index >= 15 is 0 Å². The van der Waals surface area contributed by atoms with Crippen molar-refractivity contribution in [3.8, 4) is 0 Å². The summed E-state index contributed by atoms with van der Waals surface area (Å²) < 4.78 is 12.6. The van der Waals surface area contributed by atoms with E-state index in [2.05, 4.69) is 10.3 Å². The SMILES string of the molecule is O=C(CC1CCCCCC1)Nc1ccc(F)nc1. The number of anilines is 1. The molecule has 0 bridgehead atoms. The van der Waals surface area contributed by atoms with Crippen LogP contribution in [0.2, 0.25) is 0 Å². The summed E-state index contributed by atoms with van der Waals surface area (Å²) in [4.78, 5) is 15.4. The lowest BCUT2D eigenvalue weighted by Crippen LogP contribution is -2.16. The van der Waals surface area contributed by atoms with E-state index in [4.69, 9.17) is 0 Å². The summed E-state index contributed by atoms with van der Waals surface area (Å²) in [5.41, 5.74) is 0.565. The minimum absolute atomic E-state index is 0.00954. The van der Waals surface area contributed by atoms with Gasteiger partial charge in [0.15, 0.2) is 0 Å². The van der Waals surface area contributed by atoms with Gasteiger partial charge in [0.25, 0.3) is 0 Å². The summed E-state index contributed by atoms with van der Waals surface area (Å²) in [6.45, 7) is 0. The smallest absolute Gasteiger partial charge is 0.224 e. The Morgan fingerprint density at radius 3 is 2.61 bits per heavy atom. The third-order valence-corrected chi connectivity index (χ3v) is 3.46. The van der Waals surface area contributed by atoms with Gasteiger partial charge in [-0.1, -0.05) is 25.7 Å². The normalized spacial score (nSPS) is 17.2. The van der Waals surface area contributed by atoms with Crippen LogP contribution in [0.15, 0.2) is 18.3 Å². The summed E-state index contributed by atoms with van der Waals surface area (Å²) in [5.74, 6) is -0.0204. The fourth-order valence-electron chi connectivity index (χ4n) is 2.49. The third-order valence-electron chi connectivity index (χ3n) is 3.46. The molecule has 1 heterocycles. The molecule has 0 saturated heterocycles. The highest BCUT2D eigenvalue weighted by Gasteiger charge is 2.16. The zero-order valence-electron chi connectivity index (χ0n) is 10.5. The number of nitrogens with zero attached hydrogens (tertiary/aromatic N) is 1. The Hall–Kier alpha value is -1.45. The van der Waals surface area contributed by atoms with E-state index in [1.165, 1.54) is 44.0 Å².